The van der Waals surface area contributed by atoms with Gasteiger partial charge < -0.3 is 14.0 Å². The van der Waals surface area contributed by atoms with Crippen molar-refractivity contribution in [1.82, 2.24) is 19.3 Å². The molecule has 1 aliphatic rings. The highest BCUT2D eigenvalue weighted by atomic mass is 19.1. The van der Waals surface area contributed by atoms with E-state index in [1.54, 1.807) is 10.7 Å². The molecule has 0 saturated carbocycles. The largest absolute Gasteiger partial charge is 0.496 e. The number of nitrogens with zero attached hydrogens (tertiary/aromatic N) is 4. The summed E-state index contributed by atoms with van der Waals surface area (Å²) < 4.78 is 28.5. The molecule has 5 rings (SSSR count). The molecule has 4 aromatic rings. The van der Waals surface area contributed by atoms with Gasteiger partial charge in [0, 0.05) is 31.1 Å². The van der Waals surface area contributed by atoms with E-state index < -0.39 is 0 Å². The predicted octanol–water partition coefficient (Wildman–Crippen LogP) is 4.69. The Hall–Kier alpha value is -3.68. The van der Waals surface area contributed by atoms with Gasteiger partial charge in [0.2, 0.25) is 0 Å². The molecule has 0 radical (unpaired) electrons. The van der Waals surface area contributed by atoms with Gasteiger partial charge in [-0.3, -0.25) is 9.48 Å². The number of hydrogen-bond donors (Lipinski definition) is 0. The van der Waals surface area contributed by atoms with Gasteiger partial charge in [0.05, 0.1) is 36.0 Å². The van der Waals surface area contributed by atoms with Crippen LogP contribution in [0, 0.1) is 5.82 Å². The summed E-state index contributed by atoms with van der Waals surface area (Å²) in [6, 6.07) is 12.2. The first kappa shape index (κ1) is 22.1. The lowest BCUT2D eigenvalue weighted by Crippen LogP contribution is -2.12. The van der Waals surface area contributed by atoms with Crippen molar-refractivity contribution in [3.63, 3.8) is 0 Å². The highest BCUT2D eigenvalue weighted by Gasteiger charge is 2.18. The summed E-state index contributed by atoms with van der Waals surface area (Å²) >= 11 is 0. The van der Waals surface area contributed by atoms with Gasteiger partial charge >= 0.3 is 5.97 Å². The maximum absolute atomic E-state index is 13.6. The Labute approximate surface area is 197 Å². The Bertz CT molecular complexity index is 1360. The maximum Gasteiger partial charge on any atom is 0.312 e. The molecule has 2 aromatic heterocycles. The molecule has 0 bridgehead atoms. The number of carbonyl (C=O) groups is 1. The van der Waals surface area contributed by atoms with Crippen LogP contribution in [0.2, 0.25) is 0 Å². The van der Waals surface area contributed by atoms with E-state index in [2.05, 4.69) is 15.7 Å². The van der Waals surface area contributed by atoms with Crippen LogP contribution in [0.5, 0.6) is 5.75 Å². The fourth-order valence-corrected chi connectivity index (χ4v) is 4.55. The smallest absolute Gasteiger partial charge is 0.312 e. The van der Waals surface area contributed by atoms with Gasteiger partial charge in [-0.05, 0) is 55.7 Å². The molecule has 34 heavy (non-hydrogen) atoms. The zero-order chi connectivity index (χ0) is 23.7. The summed E-state index contributed by atoms with van der Waals surface area (Å²) in [4.78, 5) is 17.4. The summed E-state index contributed by atoms with van der Waals surface area (Å²) in [5.74, 6) is 0.813. The number of methoxy groups -OCH3 is 1. The minimum atomic E-state index is -0.381. The van der Waals surface area contributed by atoms with Gasteiger partial charge in [-0.25, -0.2) is 9.37 Å². The van der Waals surface area contributed by atoms with Crippen LogP contribution in [0.3, 0.4) is 0 Å². The number of imidazole rings is 1. The number of esters is 1. The number of rotatable bonds is 7. The third kappa shape index (κ3) is 4.27. The lowest BCUT2D eigenvalue weighted by molar-refractivity contribution is -0.144. The van der Waals surface area contributed by atoms with Crippen LogP contribution in [-0.2, 0) is 42.1 Å². The van der Waals surface area contributed by atoms with E-state index in [-0.39, 0.29) is 24.8 Å². The summed E-state index contributed by atoms with van der Waals surface area (Å²) in [7, 11) is 1.49. The molecular formula is C26H27FN4O3. The molecule has 0 spiro atoms. The monoisotopic (exact) mass is 462 g/mol. The van der Waals surface area contributed by atoms with Gasteiger partial charge in [-0.1, -0.05) is 6.07 Å². The van der Waals surface area contributed by atoms with Crippen molar-refractivity contribution in [2.75, 3.05) is 7.11 Å². The number of ether oxygens (including phenoxy) is 2. The van der Waals surface area contributed by atoms with E-state index >= 15 is 0 Å². The summed E-state index contributed by atoms with van der Waals surface area (Å²) in [6.45, 7) is 3.74. The highest BCUT2D eigenvalue weighted by molar-refractivity contribution is 5.77. The molecule has 0 saturated heterocycles. The number of aromatic nitrogens is 4. The van der Waals surface area contributed by atoms with Gasteiger partial charge in [0.25, 0.3) is 0 Å². The Morgan fingerprint density at radius 1 is 1.15 bits per heavy atom. The Morgan fingerprint density at radius 2 is 2.03 bits per heavy atom. The van der Waals surface area contributed by atoms with Crippen molar-refractivity contribution < 1.29 is 18.7 Å². The fraction of sp³-hybridized carbons (Fsp3) is 0.346. The molecular weight excluding hydrogens is 435 g/mol. The van der Waals surface area contributed by atoms with Crippen molar-refractivity contribution in [1.29, 1.82) is 0 Å². The summed E-state index contributed by atoms with van der Waals surface area (Å²) in [6.07, 6.45) is 3.46. The molecule has 0 unspecified atom stereocenters. The maximum atomic E-state index is 13.6. The number of halogens is 1. The molecule has 8 heteroatoms. The number of benzene rings is 2. The molecule has 1 aliphatic heterocycles. The van der Waals surface area contributed by atoms with Crippen LogP contribution in [0.4, 0.5) is 4.39 Å². The third-order valence-electron chi connectivity index (χ3n) is 6.25. The lowest BCUT2D eigenvalue weighted by Gasteiger charge is -2.13. The van der Waals surface area contributed by atoms with Crippen molar-refractivity contribution in [3.05, 3.63) is 65.4 Å². The molecule has 0 amide bonds. The van der Waals surface area contributed by atoms with Gasteiger partial charge in [0.1, 0.15) is 24.0 Å². The second-order valence-corrected chi connectivity index (χ2v) is 8.48. The first-order chi connectivity index (χ1) is 16.6. The third-order valence-corrected chi connectivity index (χ3v) is 6.25. The van der Waals surface area contributed by atoms with Crippen LogP contribution in [0.15, 0.2) is 42.5 Å². The molecule has 3 heterocycles. The van der Waals surface area contributed by atoms with E-state index in [0.29, 0.717) is 23.6 Å². The standard InChI is InChI=1S/C26H27FN4O3/c1-3-31-19(14-21(29-31)20-9-8-18(27)13-24(20)33-2)15-26(32)34-16-17-7-10-23-22(12-17)28-25-6-4-5-11-30(23)25/h7-10,12-14H,3-6,11,15-16H2,1-2H3. The Morgan fingerprint density at radius 3 is 2.85 bits per heavy atom. The van der Waals surface area contributed by atoms with Crippen LogP contribution in [-0.4, -0.2) is 32.4 Å². The zero-order valence-electron chi connectivity index (χ0n) is 19.4. The van der Waals surface area contributed by atoms with Crippen molar-refractivity contribution in [2.45, 2.75) is 52.3 Å². The molecule has 0 aliphatic carbocycles. The van der Waals surface area contributed by atoms with E-state index in [4.69, 9.17) is 14.5 Å². The van der Waals surface area contributed by atoms with Crippen LogP contribution >= 0.6 is 0 Å². The van der Waals surface area contributed by atoms with E-state index in [9.17, 15) is 9.18 Å². The van der Waals surface area contributed by atoms with Crippen LogP contribution in [0.25, 0.3) is 22.3 Å². The molecule has 2 aromatic carbocycles. The highest BCUT2D eigenvalue weighted by Crippen LogP contribution is 2.30. The lowest BCUT2D eigenvalue weighted by atomic mass is 10.1. The Kier molecular flexibility index (Phi) is 6.04. The van der Waals surface area contributed by atoms with E-state index in [1.807, 2.05) is 25.1 Å². The Balaban J connectivity index is 1.28. The normalized spacial score (nSPS) is 13.1. The first-order valence-electron chi connectivity index (χ1n) is 11.6. The minimum absolute atomic E-state index is 0.0887. The van der Waals surface area contributed by atoms with Gasteiger partial charge in [-0.2, -0.15) is 5.10 Å². The molecule has 7 nitrogen and oxygen atoms in total. The SMILES string of the molecule is CCn1nc(-c2ccc(F)cc2OC)cc1CC(=O)OCc1ccc2c(c1)nc1n2CCCC1. The van der Waals surface area contributed by atoms with E-state index in [0.717, 1.165) is 41.1 Å². The summed E-state index contributed by atoms with van der Waals surface area (Å²) in [5.41, 5.74) is 5.02. The average Bonchev–Trinajstić information content (AvgIpc) is 3.43. The molecule has 0 atom stereocenters. The second kappa shape index (κ2) is 9.29. The molecule has 0 N–H and O–H groups in total. The number of hydrogen-bond acceptors (Lipinski definition) is 5. The fourth-order valence-electron chi connectivity index (χ4n) is 4.55. The van der Waals surface area contributed by atoms with Crippen LogP contribution in [0.1, 0.15) is 36.8 Å². The van der Waals surface area contributed by atoms with Gasteiger partial charge in [0.15, 0.2) is 0 Å². The van der Waals surface area contributed by atoms with Crippen molar-refractivity contribution in [2.24, 2.45) is 0 Å². The van der Waals surface area contributed by atoms with E-state index in [1.165, 1.54) is 32.1 Å². The molecule has 0 fully saturated rings. The predicted molar refractivity (Wildman–Crippen MR) is 126 cm³/mol. The number of fused-ring (bicyclic) bond motifs is 3. The minimum Gasteiger partial charge on any atom is -0.496 e. The number of carbonyl (C=O) groups excluding carboxylic acids is 1. The van der Waals surface area contributed by atoms with Gasteiger partial charge in [-0.15, -0.1) is 0 Å². The quantitative estimate of drug-likeness (QED) is 0.373. The van der Waals surface area contributed by atoms with Crippen LogP contribution < -0.4 is 4.74 Å². The number of aryl methyl sites for hydroxylation is 3. The topological polar surface area (TPSA) is 71.2 Å². The average molecular weight is 463 g/mol. The zero-order valence-corrected chi connectivity index (χ0v) is 19.4. The van der Waals surface area contributed by atoms with Crippen molar-refractivity contribution >= 4 is 17.0 Å². The molecule has 176 valence electrons. The van der Waals surface area contributed by atoms with Crippen molar-refractivity contribution in [3.8, 4) is 17.0 Å². The summed E-state index contributed by atoms with van der Waals surface area (Å²) in [5, 5.41) is 4.57. The second-order valence-electron chi connectivity index (χ2n) is 8.48. The first-order valence-corrected chi connectivity index (χ1v) is 11.6.